The topological polar surface area (TPSA) is 38.3 Å². The molecular formula is C11H13BrFNO2. The fraction of sp³-hybridized carbons (Fsp3) is 0.364. The second-order valence-electron chi connectivity index (χ2n) is 3.33. The lowest BCUT2D eigenvalue weighted by atomic mass is 10.2. The average molecular weight is 290 g/mol. The number of rotatable bonds is 4. The molecular weight excluding hydrogens is 277 g/mol. The zero-order valence-corrected chi connectivity index (χ0v) is 10.7. The number of amides is 1. The number of nitrogens with one attached hydrogen (secondary N) is 1. The molecule has 0 aromatic heterocycles. The largest absolute Gasteiger partial charge is 0.372 e. The molecule has 3 nitrogen and oxygen atoms in total. The van der Waals surface area contributed by atoms with E-state index < -0.39 is 6.10 Å². The van der Waals surface area contributed by atoms with Crippen molar-refractivity contribution in [2.75, 3.05) is 7.11 Å². The molecule has 1 amide bonds. The van der Waals surface area contributed by atoms with E-state index in [1.165, 1.54) is 19.2 Å². The van der Waals surface area contributed by atoms with E-state index in [-0.39, 0.29) is 18.3 Å². The molecule has 1 rings (SSSR count). The standard InChI is InChI=1S/C11H13BrFNO2/c1-7(16-2)11(15)14-6-8-5-9(13)3-4-10(8)12/h3-5,7H,6H2,1-2H3,(H,14,15). The van der Waals surface area contributed by atoms with Crippen molar-refractivity contribution >= 4 is 21.8 Å². The Labute approximate surface area is 102 Å². The summed E-state index contributed by atoms with van der Waals surface area (Å²) in [6.45, 7) is 1.92. The number of methoxy groups -OCH3 is 1. The lowest BCUT2D eigenvalue weighted by Gasteiger charge is -2.11. The molecule has 1 unspecified atom stereocenters. The second kappa shape index (κ2) is 5.96. The van der Waals surface area contributed by atoms with Gasteiger partial charge in [-0.05, 0) is 30.7 Å². The smallest absolute Gasteiger partial charge is 0.249 e. The van der Waals surface area contributed by atoms with Crippen molar-refractivity contribution in [3.05, 3.63) is 34.1 Å². The first-order valence-electron chi connectivity index (χ1n) is 4.79. The van der Waals surface area contributed by atoms with Gasteiger partial charge in [-0.3, -0.25) is 4.79 Å². The number of carbonyl (C=O) groups is 1. The monoisotopic (exact) mass is 289 g/mol. The molecule has 16 heavy (non-hydrogen) atoms. The lowest BCUT2D eigenvalue weighted by Crippen LogP contribution is -2.33. The van der Waals surface area contributed by atoms with E-state index in [9.17, 15) is 9.18 Å². The molecule has 1 aromatic rings. The first kappa shape index (κ1) is 13.1. The maximum atomic E-state index is 12.9. The third-order valence-corrected chi connectivity index (χ3v) is 2.96. The zero-order chi connectivity index (χ0) is 12.1. The van der Waals surface area contributed by atoms with Crippen molar-refractivity contribution in [1.82, 2.24) is 5.32 Å². The van der Waals surface area contributed by atoms with Crippen LogP contribution in [0.1, 0.15) is 12.5 Å². The number of ether oxygens (including phenoxy) is 1. The van der Waals surface area contributed by atoms with Gasteiger partial charge < -0.3 is 10.1 Å². The van der Waals surface area contributed by atoms with Gasteiger partial charge in [-0.2, -0.15) is 0 Å². The molecule has 1 N–H and O–H groups in total. The van der Waals surface area contributed by atoms with Crippen LogP contribution in [0.4, 0.5) is 4.39 Å². The van der Waals surface area contributed by atoms with Gasteiger partial charge in [-0.1, -0.05) is 15.9 Å². The average Bonchev–Trinajstić information content (AvgIpc) is 2.28. The molecule has 0 aliphatic rings. The number of carbonyl (C=O) groups excluding carboxylic acids is 1. The Balaban J connectivity index is 2.61. The number of hydrogen-bond donors (Lipinski definition) is 1. The van der Waals surface area contributed by atoms with Crippen molar-refractivity contribution < 1.29 is 13.9 Å². The Morgan fingerprint density at radius 2 is 2.31 bits per heavy atom. The summed E-state index contributed by atoms with van der Waals surface area (Å²) in [7, 11) is 1.46. The molecule has 5 heteroatoms. The summed E-state index contributed by atoms with van der Waals surface area (Å²) in [6.07, 6.45) is -0.507. The fourth-order valence-electron chi connectivity index (χ4n) is 1.11. The van der Waals surface area contributed by atoms with Gasteiger partial charge in [0.1, 0.15) is 11.9 Å². The minimum absolute atomic E-state index is 0.223. The molecule has 0 spiro atoms. The highest BCUT2D eigenvalue weighted by molar-refractivity contribution is 9.10. The minimum Gasteiger partial charge on any atom is -0.372 e. The van der Waals surface area contributed by atoms with Crippen LogP contribution >= 0.6 is 15.9 Å². The molecule has 1 atom stereocenters. The molecule has 0 aliphatic heterocycles. The van der Waals surface area contributed by atoms with Gasteiger partial charge >= 0.3 is 0 Å². The van der Waals surface area contributed by atoms with Crippen LogP contribution in [0.5, 0.6) is 0 Å². The summed E-state index contributed by atoms with van der Waals surface area (Å²) in [5.41, 5.74) is 0.691. The van der Waals surface area contributed by atoms with Crippen LogP contribution in [0.3, 0.4) is 0 Å². The Morgan fingerprint density at radius 1 is 1.62 bits per heavy atom. The molecule has 0 bridgehead atoms. The number of halogens is 2. The van der Waals surface area contributed by atoms with Crippen molar-refractivity contribution in [3.63, 3.8) is 0 Å². The lowest BCUT2D eigenvalue weighted by molar-refractivity contribution is -0.130. The molecule has 0 heterocycles. The van der Waals surface area contributed by atoms with Crippen LogP contribution in [0.25, 0.3) is 0 Å². The van der Waals surface area contributed by atoms with Gasteiger partial charge in [-0.25, -0.2) is 4.39 Å². The first-order chi connectivity index (χ1) is 7.54. The summed E-state index contributed by atoms with van der Waals surface area (Å²) in [4.78, 5) is 11.4. The third kappa shape index (κ3) is 3.57. The Morgan fingerprint density at radius 3 is 2.94 bits per heavy atom. The Bertz CT molecular complexity index is 384. The molecule has 0 fully saturated rings. The predicted molar refractivity (Wildman–Crippen MR) is 62.4 cm³/mol. The van der Waals surface area contributed by atoms with Crippen molar-refractivity contribution in [2.24, 2.45) is 0 Å². The second-order valence-corrected chi connectivity index (χ2v) is 4.19. The molecule has 0 aliphatic carbocycles. The van der Waals surface area contributed by atoms with E-state index in [1.807, 2.05) is 0 Å². The van der Waals surface area contributed by atoms with Crippen molar-refractivity contribution in [2.45, 2.75) is 19.6 Å². The van der Waals surface area contributed by atoms with E-state index in [4.69, 9.17) is 4.74 Å². The van der Waals surface area contributed by atoms with Gasteiger partial charge in [0.05, 0.1) is 0 Å². The van der Waals surface area contributed by atoms with Crippen LogP contribution in [0.2, 0.25) is 0 Å². The maximum absolute atomic E-state index is 12.9. The first-order valence-corrected chi connectivity index (χ1v) is 5.58. The maximum Gasteiger partial charge on any atom is 0.249 e. The Kier molecular flexibility index (Phi) is 4.89. The molecule has 0 radical (unpaired) electrons. The summed E-state index contributed by atoms with van der Waals surface area (Å²) in [6, 6.07) is 4.34. The van der Waals surface area contributed by atoms with Crippen molar-refractivity contribution in [1.29, 1.82) is 0 Å². The molecule has 88 valence electrons. The highest BCUT2D eigenvalue weighted by Crippen LogP contribution is 2.17. The summed E-state index contributed by atoms with van der Waals surface area (Å²) in [5, 5.41) is 2.66. The van der Waals surface area contributed by atoms with Crippen LogP contribution < -0.4 is 5.32 Å². The molecule has 0 saturated heterocycles. The van der Waals surface area contributed by atoms with E-state index in [2.05, 4.69) is 21.2 Å². The highest BCUT2D eigenvalue weighted by Gasteiger charge is 2.11. The van der Waals surface area contributed by atoms with E-state index in [0.29, 0.717) is 5.56 Å². The number of hydrogen-bond acceptors (Lipinski definition) is 2. The number of benzene rings is 1. The Hall–Kier alpha value is -0.940. The normalized spacial score (nSPS) is 12.2. The van der Waals surface area contributed by atoms with E-state index in [0.717, 1.165) is 4.47 Å². The fourth-order valence-corrected chi connectivity index (χ4v) is 1.50. The third-order valence-electron chi connectivity index (χ3n) is 2.18. The summed E-state index contributed by atoms with van der Waals surface area (Å²) >= 11 is 3.29. The van der Waals surface area contributed by atoms with E-state index in [1.54, 1.807) is 13.0 Å². The molecule has 1 aromatic carbocycles. The SMILES string of the molecule is COC(C)C(=O)NCc1cc(F)ccc1Br. The van der Waals surface area contributed by atoms with Gasteiger partial charge in [0.2, 0.25) is 5.91 Å². The van der Waals surface area contributed by atoms with Crippen LogP contribution in [0, 0.1) is 5.82 Å². The highest BCUT2D eigenvalue weighted by atomic mass is 79.9. The van der Waals surface area contributed by atoms with Gasteiger partial charge in [0.25, 0.3) is 0 Å². The van der Waals surface area contributed by atoms with Crippen LogP contribution in [-0.4, -0.2) is 19.1 Å². The zero-order valence-electron chi connectivity index (χ0n) is 9.09. The summed E-state index contributed by atoms with van der Waals surface area (Å²) < 4.78 is 18.6. The van der Waals surface area contributed by atoms with Gasteiger partial charge in [-0.15, -0.1) is 0 Å². The van der Waals surface area contributed by atoms with E-state index >= 15 is 0 Å². The van der Waals surface area contributed by atoms with Crippen molar-refractivity contribution in [3.8, 4) is 0 Å². The predicted octanol–water partition coefficient (Wildman–Crippen LogP) is 2.24. The quantitative estimate of drug-likeness (QED) is 0.923. The molecule has 0 saturated carbocycles. The minimum atomic E-state index is -0.507. The van der Waals surface area contributed by atoms with Gasteiger partial charge in [0, 0.05) is 18.1 Å². The van der Waals surface area contributed by atoms with Crippen LogP contribution in [0.15, 0.2) is 22.7 Å². The summed E-state index contributed by atoms with van der Waals surface area (Å²) in [5.74, 6) is -0.550. The van der Waals surface area contributed by atoms with Crippen LogP contribution in [-0.2, 0) is 16.1 Å². The van der Waals surface area contributed by atoms with Gasteiger partial charge in [0.15, 0.2) is 0 Å².